The lowest BCUT2D eigenvalue weighted by atomic mass is 9.95. The van der Waals surface area contributed by atoms with Gasteiger partial charge in [0, 0.05) is 25.4 Å². The van der Waals surface area contributed by atoms with Crippen molar-refractivity contribution in [3.05, 3.63) is 28.2 Å². The van der Waals surface area contributed by atoms with Crippen LogP contribution in [-0.4, -0.2) is 50.5 Å². The van der Waals surface area contributed by atoms with Crippen molar-refractivity contribution >= 4 is 21.8 Å². The number of methoxy groups -OCH3 is 1. The van der Waals surface area contributed by atoms with Gasteiger partial charge in [-0.2, -0.15) is 0 Å². The Morgan fingerprint density at radius 3 is 2.62 bits per heavy atom. The molecule has 2 fully saturated rings. The Kier molecular flexibility index (Phi) is 6.14. The lowest BCUT2D eigenvalue weighted by molar-refractivity contribution is -0.136. The molecule has 0 atom stereocenters. The van der Waals surface area contributed by atoms with Crippen molar-refractivity contribution in [1.82, 2.24) is 4.90 Å². The zero-order chi connectivity index (χ0) is 16.9. The van der Waals surface area contributed by atoms with E-state index in [2.05, 4.69) is 15.9 Å². The van der Waals surface area contributed by atoms with Crippen molar-refractivity contribution in [2.45, 2.75) is 32.0 Å². The van der Waals surface area contributed by atoms with Crippen LogP contribution in [0.2, 0.25) is 0 Å². The number of carbonyl (C=O) groups is 1. The average molecular weight is 398 g/mol. The van der Waals surface area contributed by atoms with Crippen LogP contribution in [0.5, 0.6) is 5.75 Å². The molecule has 5 nitrogen and oxygen atoms in total. The first-order chi connectivity index (χ1) is 11.7. The van der Waals surface area contributed by atoms with Crippen molar-refractivity contribution in [2.24, 2.45) is 5.92 Å². The number of benzene rings is 1. The third-order valence-corrected chi connectivity index (χ3v) is 5.39. The first-order valence-corrected chi connectivity index (χ1v) is 9.30. The molecule has 2 saturated heterocycles. The first-order valence-electron chi connectivity index (χ1n) is 8.51. The number of carbonyl (C=O) groups excluding carboxylic acids is 1. The minimum absolute atomic E-state index is 0.0566. The van der Waals surface area contributed by atoms with Gasteiger partial charge in [-0.05, 0) is 52.9 Å². The maximum atomic E-state index is 12.4. The van der Waals surface area contributed by atoms with Crippen LogP contribution in [0.25, 0.3) is 0 Å². The minimum atomic E-state index is -0.0566. The number of hydrogen-bond acceptors (Lipinski definition) is 4. The van der Waals surface area contributed by atoms with Gasteiger partial charge in [0.15, 0.2) is 6.29 Å². The highest BCUT2D eigenvalue weighted by Crippen LogP contribution is 2.27. The first kappa shape index (κ1) is 17.7. The fourth-order valence-electron chi connectivity index (χ4n) is 3.34. The van der Waals surface area contributed by atoms with Crippen molar-refractivity contribution in [3.63, 3.8) is 0 Å². The molecule has 2 aliphatic rings. The second kappa shape index (κ2) is 8.32. The summed E-state index contributed by atoms with van der Waals surface area (Å²) < 4.78 is 17.3. The summed E-state index contributed by atoms with van der Waals surface area (Å²) in [5.74, 6) is 1.46. The molecule has 1 aromatic carbocycles. The maximum Gasteiger partial charge on any atom is 0.222 e. The van der Waals surface area contributed by atoms with Gasteiger partial charge in [-0.3, -0.25) is 4.79 Å². The number of aryl methyl sites for hydroxylation is 1. The molecule has 1 amide bonds. The highest BCUT2D eigenvalue weighted by molar-refractivity contribution is 9.10. The Labute approximate surface area is 151 Å². The number of nitrogens with zero attached hydrogens (tertiary/aromatic N) is 1. The number of amides is 1. The Morgan fingerprint density at radius 1 is 1.29 bits per heavy atom. The second-order valence-electron chi connectivity index (χ2n) is 6.30. The number of rotatable bonds is 5. The summed E-state index contributed by atoms with van der Waals surface area (Å²) in [6.45, 7) is 3.00. The van der Waals surface area contributed by atoms with Crippen LogP contribution in [0, 0.1) is 5.92 Å². The SMILES string of the molecule is COc1ccc(CCC(=O)N2CCC(C3OCCO3)CC2)cc1Br. The predicted molar refractivity (Wildman–Crippen MR) is 94.0 cm³/mol. The fraction of sp³-hybridized carbons (Fsp3) is 0.611. The minimum Gasteiger partial charge on any atom is -0.496 e. The molecular weight excluding hydrogens is 374 g/mol. The Hall–Kier alpha value is -1.11. The number of hydrogen-bond donors (Lipinski definition) is 0. The van der Waals surface area contributed by atoms with E-state index in [9.17, 15) is 4.79 Å². The molecule has 2 heterocycles. The normalized spacial score (nSPS) is 19.7. The number of piperidine rings is 1. The maximum absolute atomic E-state index is 12.4. The molecule has 0 bridgehead atoms. The van der Waals surface area contributed by atoms with Crippen molar-refractivity contribution in [1.29, 1.82) is 0 Å². The molecule has 1 aromatic rings. The van der Waals surface area contributed by atoms with Crippen LogP contribution < -0.4 is 4.74 Å². The number of halogens is 1. The molecule has 0 aliphatic carbocycles. The van der Waals surface area contributed by atoms with Crippen LogP contribution in [-0.2, 0) is 20.7 Å². The van der Waals surface area contributed by atoms with E-state index in [0.29, 0.717) is 25.6 Å². The van der Waals surface area contributed by atoms with Crippen LogP contribution in [0.15, 0.2) is 22.7 Å². The second-order valence-corrected chi connectivity index (χ2v) is 7.15. The number of likely N-dealkylation sites (tertiary alicyclic amines) is 1. The molecule has 0 N–H and O–H groups in total. The standard InChI is InChI=1S/C18H24BrNO4/c1-22-16-4-2-13(12-15(16)19)3-5-17(21)20-8-6-14(7-9-20)18-23-10-11-24-18/h2,4,12,14,18H,3,5-11H2,1H3. The van der Waals surface area contributed by atoms with Crippen LogP contribution in [0.4, 0.5) is 0 Å². The molecule has 132 valence electrons. The summed E-state index contributed by atoms with van der Waals surface area (Å²) in [5, 5.41) is 0. The van der Waals surface area contributed by atoms with Gasteiger partial charge in [0.2, 0.25) is 5.91 Å². The summed E-state index contributed by atoms with van der Waals surface area (Å²) in [4.78, 5) is 14.4. The van der Waals surface area contributed by atoms with Crippen molar-refractivity contribution < 1.29 is 19.0 Å². The molecule has 24 heavy (non-hydrogen) atoms. The van der Waals surface area contributed by atoms with E-state index in [4.69, 9.17) is 14.2 Å². The van der Waals surface area contributed by atoms with E-state index in [1.165, 1.54) is 0 Å². The molecule has 0 radical (unpaired) electrons. The van der Waals surface area contributed by atoms with Gasteiger partial charge in [0.1, 0.15) is 5.75 Å². The van der Waals surface area contributed by atoms with Gasteiger partial charge in [-0.15, -0.1) is 0 Å². The predicted octanol–water partition coefficient (Wildman–Crippen LogP) is 3.00. The van der Waals surface area contributed by atoms with E-state index in [-0.39, 0.29) is 12.2 Å². The smallest absolute Gasteiger partial charge is 0.222 e. The molecular formula is C18H24BrNO4. The van der Waals surface area contributed by atoms with Crippen molar-refractivity contribution in [3.8, 4) is 5.75 Å². The summed E-state index contributed by atoms with van der Waals surface area (Å²) in [6.07, 6.45) is 3.16. The lowest BCUT2D eigenvalue weighted by Crippen LogP contribution is -2.41. The molecule has 0 unspecified atom stereocenters. The molecule has 6 heteroatoms. The van der Waals surface area contributed by atoms with Gasteiger partial charge < -0.3 is 19.1 Å². The topological polar surface area (TPSA) is 48.0 Å². The van der Waals surface area contributed by atoms with Crippen molar-refractivity contribution in [2.75, 3.05) is 33.4 Å². The molecule has 2 aliphatic heterocycles. The van der Waals surface area contributed by atoms with E-state index in [0.717, 1.165) is 48.1 Å². The van der Waals surface area contributed by atoms with E-state index in [1.807, 2.05) is 23.1 Å². The van der Waals surface area contributed by atoms with Crippen LogP contribution in [0.1, 0.15) is 24.8 Å². The highest BCUT2D eigenvalue weighted by Gasteiger charge is 2.31. The molecule has 0 spiro atoms. The van der Waals surface area contributed by atoms with Crippen LogP contribution >= 0.6 is 15.9 Å². The van der Waals surface area contributed by atoms with Gasteiger partial charge in [-0.1, -0.05) is 6.07 Å². The van der Waals surface area contributed by atoms with E-state index >= 15 is 0 Å². The fourth-order valence-corrected chi connectivity index (χ4v) is 3.93. The monoisotopic (exact) mass is 397 g/mol. The molecule has 3 rings (SSSR count). The Morgan fingerprint density at radius 2 is 2.00 bits per heavy atom. The van der Waals surface area contributed by atoms with Gasteiger partial charge in [0.25, 0.3) is 0 Å². The van der Waals surface area contributed by atoms with Gasteiger partial charge >= 0.3 is 0 Å². The third kappa shape index (κ3) is 4.29. The quantitative estimate of drug-likeness (QED) is 0.765. The Balaban J connectivity index is 1.45. The van der Waals surface area contributed by atoms with Gasteiger partial charge in [-0.25, -0.2) is 0 Å². The largest absolute Gasteiger partial charge is 0.496 e. The van der Waals surface area contributed by atoms with E-state index < -0.39 is 0 Å². The van der Waals surface area contributed by atoms with Gasteiger partial charge in [0.05, 0.1) is 24.8 Å². The summed E-state index contributed by atoms with van der Waals surface area (Å²) >= 11 is 3.49. The Bertz CT molecular complexity index is 566. The molecule has 0 saturated carbocycles. The zero-order valence-corrected chi connectivity index (χ0v) is 15.6. The summed E-state index contributed by atoms with van der Waals surface area (Å²) in [5.41, 5.74) is 1.14. The lowest BCUT2D eigenvalue weighted by Gasteiger charge is -2.34. The van der Waals surface area contributed by atoms with Crippen LogP contribution in [0.3, 0.4) is 0 Å². The zero-order valence-electron chi connectivity index (χ0n) is 14.0. The van der Waals surface area contributed by atoms with E-state index in [1.54, 1.807) is 7.11 Å². The average Bonchev–Trinajstić information content (AvgIpc) is 3.14. The summed E-state index contributed by atoms with van der Waals surface area (Å²) in [6, 6.07) is 5.96. The molecule has 0 aromatic heterocycles. The highest BCUT2D eigenvalue weighted by atomic mass is 79.9. The number of ether oxygens (including phenoxy) is 3. The third-order valence-electron chi connectivity index (χ3n) is 4.77. The summed E-state index contributed by atoms with van der Waals surface area (Å²) in [7, 11) is 1.65.